The maximum atomic E-state index is 14.2. The molecular weight excluding hydrogens is 426 g/mol. The molecule has 0 aliphatic carbocycles. The molecule has 0 radical (unpaired) electrons. The van der Waals surface area contributed by atoms with Crippen LogP contribution in [0.25, 0.3) is 38.4 Å². The summed E-state index contributed by atoms with van der Waals surface area (Å²) in [7, 11) is -3.80. The molecule has 3 nitrogen and oxygen atoms in total. The molecule has 33 heavy (non-hydrogen) atoms. The molecule has 2 heterocycles. The van der Waals surface area contributed by atoms with Crippen LogP contribution in [-0.4, -0.2) is 12.8 Å². The second-order valence-corrected chi connectivity index (χ2v) is 10.1. The lowest BCUT2D eigenvalue weighted by atomic mass is 10.0. The zero-order valence-electron chi connectivity index (χ0n) is 18.1. The third kappa shape index (κ3) is 2.84. The van der Waals surface area contributed by atoms with Crippen LogP contribution in [0.4, 0.5) is 0 Å². The number of pyridine rings is 1. The van der Waals surface area contributed by atoms with Crippen LogP contribution in [0.15, 0.2) is 119 Å². The number of aromatic nitrogens is 1. The number of benzene rings is 4. The van der Waals surface area contributed by atoms with Gasteiger partial charge in [-0.3, -0.25) is 0 Å². The summed E-state index contributed by atoms with van der Waals surface area (Å²) < 4.78 is 30.6. The first-order valence-corrected chi connectivity index (χ1v) is 12.4. The molecule has 6 aromatic rings. The SMILES string of the molecule is Cc1c2ccccc2n2c1c(-c1ccccc1)c(S(=O)(=O)c1ccccc1)c1ccccc12. The fourth-order valence-corrected chi connectivity index (χ4v) is 6.62. The van der Waals surface area contributed by atoms with E-state index in [0.29, 0.717) is 15.2 Å². The molecule has 0 N–H and O–H groups in total. The van der Waals surface area contributed by atoms with Crippen LogP contribution >= 0.6 is 0 Å². The maximum Gasteiger partial charge on any atom is 0.207 e. The Labute approximate surface area is 192 Å². The first kappa shape index (κ1) is 19.8. The van der Waals surface area contributed by atoms with Gasteiger partial charge in [0.2, 0.25) is 9.84 Å². The quantitative estimate of drug-likeness (QED) is 0.291. The number of aryl methyl sites for hydroxylation is 1. The van der Waals surface area contributed by atoms with Crippen LogP contribution in [0.2, 0.25) is 0 Å². The zero-order valence-corrected chi connectivity index (χ0v) is 18.9. The fourth-order valence-electron chi connectivity index (χ4n) is 4.92. The number of sulfone groups is 1. The van der Waals surface area contributed by atoms with Crippen molar-refractivity contribution in [2.45, 2.75) is 16.7 Å². The molecule has 0 spiro atoms. The first-order chi connectivity index (χ1) is 16.1. The van der Waals surface area contributed by atoms with Gasteiger partial charge in [0, 0.05) is 16.3 Å². The molecule has 0 fully saturated rings. The molecule has 0 atom stereocenters. The van der Waals surface area contributed by atoms with E-state index < -0.39 is 9.84 Å². The van der Waals surface area contributed by atoms with Crippen molar-refractivity contribution >= 4 is 37.2 Å². The third-order valence-electron chi connectivity index (χ3n) is 6.37. The highest BCUT2D eigenvalue weighted by molar-refractivity contribution is 7.92. The van der Waals surface area contributed by atoms with E-state index in [4.69, 9.17) is 0 Å². The van der Waals surface area contributed by atoms with Crippen LogP contribution in [0.5, 0.6) is 0 Å². The summed E-state index contributed by atoms with van der Waals surface area (Å²) in [5.41, 5.74) is 5.57. The van der Waals surface area contributed by atoms with Gasteiger partial charge in [-0.2, -0.15) is 0 Å². The molecule has 0 saturated heterocycles. The molecule has 0 saturated carbocycles. The first-order valence-electron chi connectivity index (χ1n) is 10.9. The van der Waals surface area contributed by atoms with Gasteiger partial charge < -0.3 is 4.40 Å². The molecule has 6 rings (SSSR count). The van der Waals surface area contributed by atoms with Crippen LogP contribution in [0.1, 0.15) is 5.56 Å². The second kappa shape index (κ2) is 7.32. The van der Waals surface area contributed by atoms with E-state index in [2.05, 4.69) is 23.5 Å². The van der Waals surface area contributed by atoms with Gasteiger partial charge in [-0.15, -0.1) is 0 Å². The van der Waals surface area contributed by atoms with Crippen molar-refractivity contribution in [2.24, 2.45) is 0 Å². The lowest BCUT2D eigenvalue weighted by molar-refractivity contribution is 0.597. The van der Waals surface area contributed by atoms with Gasteiger partial charge in [-0.1, -0.05) is 84.9 Å². The summed E-state index contributed by atoms with van der Waals surface area (Å²) in [6, 6.07) is 34.6. The molecule has 0 unspecified atom stereocenters. The predicted octanol–water partition coefficient (Wildman–Crippen LogP) is 7.05. The van der Waals surface area contributed by atoms with Crippen LogP contribution < -0.4 is 0 Å². The Bertz CT molecular complexity index is 1770. The van der Waals surface area contributed by atoms with Crippen molar-refractivity contribution < 1.29 is 8.42 Å². The lowest BCUT2D eigenvalue weighted by Gasteiger charge is -2.18. The molecule has 0 amide bonds. The van der Waals surface area contributed by atoms with E-state index >= 15 is 0 Å². The number of hydrogen-bond acceptors (Lipinski definition) is 2. The normalized spacial score (nSPS) is 12.0. The van der Waals surface area contributed by atoms with Gasteiger partial charge in [-0.25, -0.2) is 8.42 Å². The molecule has 0 aliphatic heterocycles. The van der Waals surface area contributed by atoms with Gasteiger partial charge in [0.15, 0.2) is 0 Å². The summed E-state index contributed by atoms with van der Waals surface area (Å²) in [4.78, 5) is 0.652. The van der Waals surface area contributed by atoms with Crippen molar-refractivity contribution in [1.82, 2.24) is 4.40 Å². The highest BCUT2D eigenvalue weighted by atomic mass is 32.2. The summed E-state index contributed by atoms with van der Waals surface area (Å²) in [6.45, 7) is 2.08. The Kier molecular flexibility index (Phi) is 4.39. The highest BCUT2D eigenvalue weighted by Crippen LogP contribution is 2.44. The Morgan fingerprint density at radius 3 is 1.79 bits per heavy atom. The van der Waals surface area contributed by atoms with Crippen molar-refractivity contribution in [3.05, 3.63) is 115 Å². The van der Waals surface area contributed by atoms with Crippen molar-refractivity contribution in [3.63, 3.8) is 0 Å². The lowest BCUT2D eigenvalue weighted by Crippen LogP contribution is -2.08. The molecule has 0 bridgehead atoms. The van der Waals surface area contributed by atoms with E-state index in [1.807, 2.05) is 72.8 Å². The van der Waals surface area contributed by atoms with E-state index in [1.54, 1.807) is 24.3 Å². The van der Waals surface area contributed by atoms with Crippen LogP contribution in [0.3, 0.4) is 0 Å². The number of nitrogens with zero attached hydrogens (tertiary/aromatic N) is 1. The zero-order chi connectivity index (χ0) is 22.6. The third-order valence-corrected chi connectivity index (χ3v) is 8.22. The summed E-state index contributed by atoms with van der Waals surface area (Å²) in [6.07, 6.45) is 0. The maximum absolute atomic E-state index is 14.2. The Morgan fingerprint density at radius 2 is 1.12 bits per heavy atom. The average Bonchev–Trinajstić information content (AvgIpc) is 3.17. The van der Waals surface area contributed by atoms with Crippen LogP contribution in [-0.2, 0) is 9.84 Å². The predicted molar refractivity (Wildman–Crippen MR) is 134 cm³/mol. The largest absolute Gasteiger partial charge is 0.308 e. The van der Waals surface area contributed by atoms with E-state index in [9.17, 15) is 8.42 Å². The van der Waals surface area contributed by atoms with Gasteiger partial charge in [0.1, 0.15) is 0 Å². The summed E-state index contributed by atoms with van der Waals surface area (Å²) in [5.74, 6) is 0. The monoisotopic (exact) mass is 447 g/mol. The van der Waals surface area contributed by atoms with Gasteiger partial charge in [-0.05, 0) is 42.3 Å². The molecular formula is C29H21NO2S. The number of para-hydroxylation sites is 2. The number of fused-ring (bicyclic) bond motifs is 5. The van der Waals surface area contributed by atoms with Crippen molar-refractivity contribution in [1.29, 1.82) is 0 Å². The Morgan fingerprint density at radius 1 is 0.606 bits per heavy atom. The summed E-state index contributed by atoms with van der Waals surface area (Å²) in [5, 5.41) is 1.84. The highest BCUT2D eigenvalue weighted by Gasteiger charge is 2.29. The van der Waals surface area contributed by atoms with E-state index in [0.717, 1.165) is 38.6 Å². The van der Waals surface area contributed by atoms with E-state index in [1.165, 1.54) is 0 Å². The molecule has 4 heteroatoms. The van der Waals surface area contributed by atoms with Gasteiger partial charge >= 0.3 is 0 Å². The van der Waals surface area contributed by atoms with Crippen molar-refractivity contribution in [2.75, 3.05) is 0 Å². The Balaban J connectivity index is 1.94. The molecule has 0 aliphatic rings. The minimum absolute atomic E-state index is 0.297. The topological polar surface area (TPSA) is 38.5 Å². The summed E-state index contributed by atoms with van der Waals surface area (Å²) >= 11 is 0. The fraction of sp³-hybridized carbons (Fsp3) is 0.0345. The van der Waals surface area contributed by atoms with E-state index in [-0.39, 0.29) is 0 Å². The Hall–Kier alpha value is -3.89. The average molecular weight is 448 g/mol. The molecule has 160 valence electrons. The minimum atomic E-state index is -3.80. The standard InChI is InChI=1S/C29H21NO2S/c1-20-23-16-8-10-18-25(23)30-26-19-11-9-17-24(26)29(33(31,32)22-14-6-3-7-15-22)27(28(20)30)21-12-4-2-5-13-21/h2-19H,1H3. The number of hydrogen-bond donors (Lipinski definition) is 0. The van der Waals surface area contributed by atoms with Gasteiger partial charge in [0.25, 0.3) is 0 Å². The van der Waals surface area contributed by atoms with Crippen LogP contribution in [0, 0.1) is 6.92 Å². The smallest absolute Gasteiger partial charge is 0.207 e. The van der Waals surface area contributed by atoms with Gasteiger partial charge in [0.05, 0.1) is 26.3 Å². The number of rotatable bonds is 3. The molecule has 4 aromatic carbocycles. The molecule has 2 aromatic heterocycles. The second-order valence-electron chi connectivity index (χ2n) is 8.23. The van der Waals surface area contributed by atoms with Crippen molar-refractivity contribution in [3.8, 4) is 11.1 Å². The minimum Gasteiger partial charge on any atom is -0.308 e.